The zero-order chi connectivity index (χ0) is 14.1. The maximum Gasteiger partial charge on any atom is 0.455 e. The molecule has 0 aliphatic carbocycles. The lowest BCUT2D eigenvalue weighted by molar-refractivity contribution is -0.327. The van der Waals surface area contributed by atoms with Crippen molar-refractivity contribution < 1.29 is 48.6 Å². The smallest absolute Gasteiger partial charge is 0.308 e. The van der Waals surface area contributed by atoms with Crippen molar-refractivity contribution in [1.29, 1.82) is 0 Å². The van der Waals surface area contributed by atoms with E-state index in [1.165, 1.54) is 0 Å². The Hall–Kier alpha value is -1.00. The second kappa shape index (κ2) is 4.70. The number of halogens is 10. The summed E-state index contributed by atoms with van der Waals surface area (Å²) in [5, 5.41) is 0. The van der Waals surface area contributed by atoms with Gasteiger partial charge in [0.25, 0.3) is 5.83 Å². The van der Waals surface area contributed by atoms with Crippen molar-refractivity contribution in [2.45, 2.75) is 18.2 Å². The van der Waals surface area contributed by atoms with Gasteiger partial charge < -0.3 is 4.74 Å². The Balaban J connectivity index is 4.75. The Morgan fingerprint density at radius 3 is 1.53 bits per heavy atom. The van der Waals surface area contributed by atoms with Gasteiger partial charge in [-0.15, -0.1) is 0 Å². The average molecular weight is 280 g/mol. The minimum atomic E-state index is -6.22. The Morgan fingerprint density at radius 2 is 1.24 bits per heavy atom. The SMILES string of the molecule is FC(F)=C(F)C(F)(F)OCC(F)(F)C(F)(F)F. The van der Waals surface area contributed by atoms with Gasteiger partial charge in [0.05, 0.1) is 0 Å². The molecule has 0 heterocycles. The van der Waals surface area contributed by atoms with Crippen LogP contribution >= 0.6 is 0 Å². The van der Waals surface area contributed by atoms with E-state index in [1.807, 2.05) is 0 Å². The van der Waals surface area contributed by atoms with Crippen molar-refractivity contribution in [3.63, 3.8) is 0 Å². The predicted molar refractivity (Wildman–Crippen MR) is 32.3 cm³/mol. The minimum Gasteiger partial charge on any atom is -0.308 e. The summed E-state index contributed by atoms with van der Waals surface area (Å²) in [6.07, 6.45) is -15.4. The van der Waals surface area contributed by atoms with Crippen LogP contribution in [0.3, 0.4) is 0 Å². The normalized spacial score (nSPS) is 13.8. The van der Waals surface area contributed by atoms with E-state index >= 15 is 0 Å². The number of hydrogen-bond donors (Lipinski definition) is 0. The summed E-state index contributed by atoms with van der Waals surface area (Å²) in [6, 6.07) is 0. The average Bonchev–Trinajstić information content (AvgIpc) is 2.12. The molecule has 0 spiro atoms. The minimum absolute atomic E-state index is 2.53. The molecule has 17 heavy (non-hydrogen) atoms. The van der Waals surface area contributed by atoms with E-state index in [1.54, 1.807) is 0 Å². The molecule has 0 aromatic rings. The van der Waals surface area contributed by atoms with Crippen LogP contribution in [0.15, 0.2) is 11.9 Å². The molecule has 102 valence electrons. The summed E-state index contributed by atoms with van der Waals surface area (Å²) >= 11 is 0. The van der Waals surface area contributed by atoms with Crippen molar-refractivity contribution in [2.75, 3.05) is 6.61 Å². The lowest BCUT2D eigenvalue weighted by Crippen LogP contribution is -2.43. The van der Waals surface area contributed by atoms with Crippen LogP contribution in [0.25, 0.3) is 0 Å². The van der Waals surface area contributed by atoms with Crippen molar-refractivity contribution >= 4 is 0 Å². The fourth-order valence-corrected chi connectivity index (χ4v) is 0.436. The van der Waals surface area contributed by atoms with Gasteiger partial charge in [-0.3, -0.25) is 0 Å². The fraction of sp³-hybridized carbons (Fsp3) is 0.667. The van der Waals surface area contributed by atoms with Crippen molar-refractivity contribution in [3.8, 4) is 0 Å². The maximum atomic E-state index is 12.2. The highest BCUT2D eigenvalue weighted by molar-refractivity contribution is 5.00. The highest BCUT2D eigenvalue weighted by atomic mass is 19.4. The van der Waals surface area contributed by atoms with E-state index in [4.69, 9.17) is 0 Å². The van der Waals surface area contributed by atoms with Gasteiger partial charge in [0.15, 0.2) is 0 Å². The Morgan fingerprint density at radius 1 is 0.824 bits per heavy atom. The van der Waals surface area contributed by atoms with Crippen molar-refractivity contribution in [2.24, 2.45) is 0 Å². The molecular formula is C6H2F10O. The summed E-state index contributed by atoms with van der Waals surface area (Å²) in [4.78, 5) is 0. The van der Waals surface area contributed by atoms with E-state index in [2.05, 4.69) is 4.74 Å². The van der Waals surface area contributed by atoms with Gasteiger partial charge in [0.2, 0.25) is 0 Å². The Labute approximate surface area is 86.6 Å². The van der Waals surface area contributed by atoms with Crippen LogP contribution in [0.2, 0.25) is 0 Å². The summed E-state index contributed by atoms with van der Waals surface area (Å²) in [5.74, 6) is -9.25. The molecule has 0 rings (SSSR count). The van der Waals surface area contributed by atoms with Crippen LogP contribution in [0.1, 0.15) is 0 Å². The number of alkyl halides is 7. The third-order valence-corrected chi connectivity index (χ3v) is 1.27. The molecule has 0 N–H and O–H groups in total. The molecule has 0 radical (unpaired) electrons. The largest absolute Gasteiger partial charge is 0.455 e. The first kappa shape index (κ1) is 16.0. The zero-order valence-electron chi connectivity index (χ0n) is 7.39. The summed E-state index contributed by atoms with van der Waals surface area (Å²) in [6.45, 7) is -3.00. The van der Waals surface area contributed by atoms with Crippen LogP contribution in [0.5, 0.6) is 0 Å². The molecular weight excluding hydrogens is 278 g/mol. The molecule has 0 bridgehead atoms. The number of hydrogen-bond acceptors (Lipinski definition) is 1. The van der Waals surface area contributed by atoms with E-state index in [9.17, 15) is 43.9 Å². The Bertz CT molecular complexity index is 298. The van der Waals surface area contributed by atoms with E-state index in [-0.39, 0.29) is 0 Å². The van der Waals surface area contributed by atoms with Crippen molar-refractivity contribution in [1.82, 2.24) is 0 Å². The quantitative estimate of drug-likeness (QED) is 0.710. The lowest BCUT2D eigenvalue weighted by Gasteiger charge is -2.22. The predicted octanol–water partition coefficient (Wildman–Crippen LogP) is 3.87. The second-order valence-corrected chi connectivity index (χ2v) is 2.58. The van der Waals surface area contributed by atoms with Crippen LogP contribution in [0.4, 0.5) is 43.9 Å². The van der Waals surface area contributed by atoms with Crippen LogP contribution in [-0.4, -0.2) is 24.8 Å². The molecule has 0 unspecified atom stereocenters. The lowest BCUT2D eigenvalue weighted by atomic mass is 10.3. The summed E-state index contributed by atoms with van der Waals surface area (Å²) < 4.78 is 120. The number of rotatable bonds is 4. The second-order valence-electron chi connectivity index (χ2n) is 2.58. The Kier molecular flexibility index (Phi) is 4.43. The van der Waals surface area contributed by atoms with E-state index in [0.29, 0.717) is 0 Å². The molecule has 0 aromatic carbocycles. The maximum absolute atomic E-state index is 12.2. The van der Waals surface area contributed by atoms with Gasteiger partial charge in [-0.25, -0.2) is 0 Å². The van der Waals surface area contributed by atoms with Crippen LogP contribution in [0, 0.1) is 0 Å². The molecule has 0 saturated heterocycles. The first-order valence-electron chi connectivity index (χ1n) is 3.49. The molecule has 0 saturated carbocycles. The number of ether oxygens (including phenoxy) is 1. The monoisotopic (exact) mass is 280 g/mol. The molecule has 1 nitrogen and oxygen atoms in total. The third-order valence-electron chi connectivity index (χ3n) is 1.27. The molecule has 0 fully saturated rings. The van der Waals surface area contributed by atoms with Crippen molar-refractivity contribution in [3.05, 3.63) is 11.9 Å². The van der Waals surface area contributed by atoms with Gasteiger partial charge in [0.1, 0.15) is 6.61 Å². The van der Waals surface area contributed by atoms with Crippen LogP contribution < -0.4 is 0 Å². The summed E-state index contributed by atoms with van der Waals surface area (Å²) in [7, 11) is 0. The molecule has 0 aliphatic heterocycles. The topological polar surface area (TPSA) is 9.23 Å². The highest BCUT2D eigenvalue weighted by Crippen LogP contribution is 2.38. The molecule has 0 aromatic heterocycles. The highest BCUT2D eigenvalue weighted by Gasteiger charge is 2.59. The van der Waals surface area contributed by atoms with Gasteiger partial charge >= 0.3 is 24.3 Å². The van der Waals surface area contributed by atoms with E-state index < -0.39 is 36.7 Å². The standard InChI is InChI=1S/C6H2F10O/c7-2(3(8)9)5(12,13)17-1-4(10,11)6(14,15)16/h1H2. The third kappa shape index (κ3) is 4.06. The van der Waals surface area contributed by atoms with Gasteiger partial charge in [-0.1, -0.05) is 0 Å². The first-order chi connectivity index (χ1) is 7.31. The zero-order valence-corrected chi connectivity index (χ0v) is 7.39. The molecule has 0 amide bonds. The summed E-state index contributed by atoms with van der Waals surface area (Å²) in [5.41, 5.74) is 0. The van der Waals surface area contributed by atoms with E-state index in [0.717, 1.165) is 0 Å². The molecule has 11 heteroatoms. The van der Waals surface area contributed by atoms with Gasteiger partial charge in [0, 0.05) is 0 Å². The fourth-order valence-electron chi connectivity index (χ4n) is 0.436. The molecule has 0 aliphatic rings. The van der Waals surface area contributed by atoms with Gasteiger partial charge in [-0.05, 0) is 0 Å². The van der Waals surface area contributed by atoms with Crippen LogP contribution in [-0.2, 0) is 4.74 Å². The molecule has 0 atom stereocenters. The van der Waals surface area contributed by atoms with Gasteiger partial charge in [-0.2, -0.15) is 43.9 Å². The first-order valence-corrected chi connectivity index (χ1v) is 3.49.